The molecule has 0 fully saturated rings. The number of carbonyl (C=O) groups excluding carboxylic acids is 1. The molecule has 0 aliphatic carbocycles. The van der Waals surface area contributed by atoms with Gasteiger partial charge in [-0.2, -0.15) is 0 Å². The van der Waals surface area contributed by atoms with Gasteiger partial charge in [0.25, 0.3) is 0 Å². The summed E-state index contributed by atoms with van der Waals surface area (Å²) in [6.07, 6.45) is -3.28. The second-order valence-corrected chi connectivity index (χ2v) is 4.37. The van der Waals surface area contributed by atoms with Gasteiger partial charge in [0, 0.05) is 10.9 Å². The zero-order valence-corrected chi connectivity index (χ0v) is 11.0. The van der Waals surface area contributed by atoms with E-state index < -0.39 is 18.2 Å². The zero-order valence-electron chi connectivity index (χ0n) is 11.0. The van der Waals surface area contributed by atoms with E-state index in [-0.39, 0.29) is 17.9 Å². The molecule has 0 aliphatic heterocycles. The Bertz CT molecular complexity index is 623. The van der Waals surface area contributed by atoms with Crippen molar-refractivity contribution in [3.63, 3.8) is 0 Å². The summed E-state index contributed by atoms with van der Waals surface area (Å²) < 4.78 is 4.64. The molecule has 0 aromatic heterocycles. The number of benzene rings is 2. The van der Waals surface area contributed by atoms with Gasteiger partial charge in [0.15, 0.2) is 6.10 Å². The van der Waals surface area contributed by atoms with E-state index in [1.54, 1.807) is 25.1 Å². The second-order valence-electron chi connectivity index (χ2n) is 4.37. The van der Waals surface area contributed by atoms with Crippen LogP contribution in [-0.2, 0) is 9.53 Å². The number of aliphatic hydroxyl groups excluding tert-OH is 2. The summed E-state index contributed by atoms with van der Waals surface area (Å²) in [7, 11) is 0. The Labute approximate surface area is 116 Å². The molecule has 0 amide bonds. The Kier molecular flexibility index (Phi) is 4.22. The Morgan fingerprint density at radius 2 is 1.90 bits per heavy atom. The highest BCUT2D eigenvalue weighted by molar-refractivity contribution is 5.89. The summed E-state index contributed by atoms with van der Waals surface area (Å²) in [5.41, 5.74) is 0.0873. The quantitative estimate of drug-likeness (QED) is 0.737. The molecule has 0 aliphatic rings. The van der Waals surface area contributed by atoms with Crippen molar-refractivity contribution < 1.29 is 24.9 Å². The molecule has 5 nitrogen and oxygen atoms in total. The third kappa shape index (κ3) is 2.59. The first kappa shape index (κ1) is 14.3. The van der Waals surface area contributed by atoms with Crippen LogP contribution in [0.1, 0.15) is 18.6 Å². The van der Waals surface area contributed by atoms with Gasteiger partial charge < -0.3 is 20.1 Å². The second kappa shape index (κ2) is 5.90. The maximum atomic E-state index is 11.4. The molecular formula is C15H16O5. The smallest absolute Gasteiger partial charge is 0.338 e. The third-order valence-electron chi connectivity index (χ3n) is 3.08. The number of hydrogen-bond donors (Lipinski definition) is 3. The third-order valence-corrected chi connectivity index (χ3v) is 3.08. The fourth-order valence-electron chi connectivity index (χ4n) is 2.04. The summed E-state index contributed by atoms with van der Waals surface area (Å²) in [6.45, 7) is 1.71. The molecule has 2 atom stereocenters. The van der Waals surface area contributed by atoms with Crippen LogP contribution in [0.15, 0.2) is 36.4 Å². The van der Waals surface area contributed by atoms with Crippen molar-refractivity contribution in [3.05, 3.63) is 42.0 Å². The summed E-state index contributed by atoms with van der Waals surface area (Å²) in [5, 5.41) is 31.2. The van der Waals surface area contributed by atoms with E-state index >= 15 is 0 Å². The lowest BCUT2D eigenvalue weighted by atomic mass is 9.99. The van der Waals surface area contributed by atoms with Gasteiger partial charge in [-0.1, -0.05) is 36.4 Å². The highest BCUT2D eigenvalue weighted by Crippen LogP contribution is 2.33. The van der Waals surface area contributed by atoms with E-state index in [9.17, 15) is 20.1 Å². The fraction of sp³-hybridized carbons (Fsp3) is 0.267. The standard InChI is InChI=1S/C15H16O5/c1-2-20-15(19)14(18)13(17)11-8-7-9-5-3-4-6-10(9)12(11)16/h3-8,13-14,16-18H,2H2,1H3. The molecule has 0 radical (unpaired) electrons. The minimum Gasteiger partial charge on any atom is -0.507 e. The molecule has 5 heteroatoms. The van der Waals surface area contributed by atoms with Crippen LogP contribution in [0.3, 0.4) is 0 Å². The zero-order chi connectivity index (χ0) is 14.7. The van der Waals surface area contributed by atoms with Gasteiger partial charge >= 0.3 is 5.97 Å². The topological polar surface area (TPSA) is 87.0 Å². The largest absolute Gasteiger partial charge is 0.507 e. The minimum absolute atomic E-state index is 0.0873. The highest BCUT2D eigenvalue weighted by atomic mass is 16.5. The average molecular weight is 276 g/mol. The van der Waals surface area contributed by atoms with Crippen LogP contribution in [-0.4, -0.2) is 34.0 Å². The van der Waals surface area contributed by atoms with Gasteiger partial charge in [0.1, 0.15) is 11.9 Å². The number of rotatable bonds is 4. The SMILES string of the molecule is CCOC(=O)C(O)C(O)c1ccc2ccccc2c1O. The van der Waals surface area contributed by atoms with Gasteiger partial charge in [-0.25, -0.2) is 4.79 Å². The normalized spacial score (nSPS) is 13.9. The van der Waals surface area contributed by atoms with Gasteiger partial charge in [-0.3, -0.25) is 0 Å². The van der Waals surface area contributed by atoms with Crippen LogP contribution >= 0.6 is 0 Å². The molecule has 0 heterocycles. The van der Waals surface area contributed by atoms with Crippen molar-refractivity contribution in [3.8, 4) is 5.75 Å². The number of aliphatic hydroxyl groups is 2. The van der Waals surface area contributed by atoms with Crippen LogP contribution in [0.2, 0.25) is 0 Å². The van der Waals surface area contributed by atoms with E-state index in [2.05, 4.69) is 4.74 Å². The van der Waals surface area contributed by atoms with E-state index in [1.165, 1.54) is 6.07 Å². The lowest BCUT2D eigenvalue weighted by molar-refractivity contribution is -0.159. The minimum atomic E-state index is -1.73. The van der Waals surface area contributed by atoms with Crippen LogP contribution in [0, 0.1) is 0 Å². The lowest BCUT2D eigenvalue weighted by Crippen LogP contribution is -2.29. The predicted octanol–water partition coefficient (Wildman–Crippen LogP) is 1.50. The number of ether oxygens (including phenoxy) is 1. The van der Waals surface area contributed by atoms with E-state index in [4.69, 9.17) is 0 Å². The highest BCUT2D eigenvalue weighted by Gasteiger charge is 2.29. The molecule has 20 heavy (non-hydrogen) atoms. The first-order valence-electron chi connectivity index (χ1n) is 6.29. The van der Waals surface area contributed by atoms with E-state index in [0.717, 1.165) is 5.39 Å². The molecular weight excluding hydrogens is 260 g/mol. The molecule has 2 aromatic carbocycles. The first-order valence-corrected chi connectivity index (χ1v) is 6.29. The summed E-state index contributed by atoms with van der Waals surface area (Å²) in [5.74, 6) is -1.08. The number of hydrogen-bond acceptors (Lipinski definition) is 5. The number of esters is 1. The molecule has 2 aromatic rings. The molecule has 2 rings (SSSR count). The summed E-state index contributed by atoms with van der Waals surface area (Å²) in [4.78, 5) is 11.4. The Hall–Kier alpha value is -2.11. The maximum absolute atomic E-state index is 11.4. The van der Waals surface area contributed by atoms with Gasteiger partial charge in [0.2, 0.25) is 0 Å². The van der Waals surface area contributed by atoms with Gasteiger partial charge in [-0.15, -0.1) is 0 Å². The van der Waals surface area contributed by atoms with Crippen molar-refractivity contribution in [2.45, 2.75) is 19.1 Å². The fourth-order valence-corrected chi connectivity index (χ4v) is 2.04. The number of phenolic OH excluding ortho intramolecular Hbond substituents is 1. The predicted molar refractivity (Wildman–Crippen MR) is 73.2 cm³/mol. The summed E-state index contributed by atoms with van der Waals surface area (Å²) >= 11 is 0. The Morgan fingerprint density at radius 1 is 1.20 bits per heavy atom. The number of aromatic hydroxyl groups is 1. The molecule has 0 saturated heterocycles. The van der Waals surface area contributed by atoms with Gasteiger partial charge in [-0.05, 0) is 12.3 Å². The van der Waals surface area contributed by atoms with Crippen LogP contribution in [0.4, 0.5) is 0 Å². The monoisotopic (exact) mass is 276 g/mol. The number of fused-ring (bicyclic) bond motifs is 1. The molecule has 106 valence electrons. The van der Waals surface area contributed by atoms with Crippen molar-refractivity contribution >= 4 is 16.7 Å². The van der Waals surface area contributed by atoms with Crippen molar-refractivity contribution in [1.82, 2.24) is 0 Å². The van der Waals surface area contributed by atoms with Crippen molar-refractivity contribution in [1.29, 1.82) is 0 Å². The average Bonchev–Trinajstić information content (AvgIpc) is 2.46. The molecule has 0 saturated carbocycles. The maximum Gasteiger partial charge on any atom is 0.338 e. The summed E-state index contributed by atoms with van der Waals surface area (Å²) in [6, 6.07) is 10.3. The molecule has 2 unspecified atom stereocenters. The molecule has 0 bridgehead atoms. The Morgan fingerprint density at radius 3 is 2.60 bits per heavy atom. The lowest BCUT2D eigenvalue weighted by Gasteiger charge is -2.18. The van der Waals surface area contributed by atoms with Gasteiger partial charge in [0.05, 0.1) is 6.61 Å². The first-order chi connectivity index (χ1) is 9.56. The number of phenols is 1. The van der Waals surface area contributed by atoms with Crippen LogP contribution in [0.5, 0.6) is 5.75 Å². The molecule has 0 spiro atoms. The van der Waals surface area contributed by atoms with Crippen LogP contribution < -0.4 is 0 Å². The Balaban J connectivity index is 2.37. The van der Waals surface area contributed by atoms with Crippen molar-refractivity contribution in [2.24, 2.45) is 0 Å². The van der Waals surface area contributed by atoms with Crippen molar-refractivity contribution in [2.75, 3.05) is 6.61 Å². The number of carbonyl (C=O) groups is 1. The van der Waals surface area contributed by atoms with E-state index in [0.29, 0.717) is 5.39 Å². The molecule has 3 N–H and O–H groups in total. The van der Waals surface area contributed by atoms with E-state index in [1.807, 2.05) is 12.1 Å². The van der Waals surface area contributed by atoms with Crippen LogP contribution in [0.25, 0.3) is 10.8 Å².